The van der Waals surface area contributed by atoms with Crippen LogP contribution < -0.4 is 5.73 Å². The first-order valence-corrected chi connectivity index (χ1v) is 7.19. The van der Waals surface area contributed by atoms with Crippen molar-refractivity contribution in [3.8, 4) is 0 Å². The van der Waals surface area contributed by atoms with E-state index in [0.29, 0.717) is 12.6 Å². The maximum atomic E-state index is 6.05. The highest BCUT2D eigenvalue weighted by atomic mass is 15.3. The fourth-order valence-corrected chi connectivity index (χ4v) is 3.04. The number of nitrogens with two attached hydrogens (primary N) is 1. The Labute approximate surface area is 117 Å². The van der Waals surface area contributed by atoms with Gasteiger partial charge in [-0.05, 0) is 12.8 Å². The molecule has 106 valence electrons. The third-order valence-electron chi connectivity index (χ3n) is 4.31. The molecule has 3 heterocycles. The van der Waals surface area contributed by atoms with E-state index in [9.17, 15) is 0 Å². The first kappa shape index (κ1) is 12.0. The van der Waals surface area contributed by atoms with Crippen molar-refractivity contribution in [2.45, 2.75) is 38.0 Å². The molecule has 7 heteroatoms. The second-order valence-corrected chi connectivity index (χ2v) is 5.62. The van der Waals surface area contributed by atoms with E-state index in [1.807, 2.05) is 12.5 Å². The number of nitrogens with zero attached hydrogens (tertiary/aromatic N) is 6. The molecule has 0 amide bonds. The Hall–Kier alpha value is -1.73. The molecular weight excluding hydrogens is 254 g/mol. The van der Waals surface area contributed by atoms with Gasteiger partial charge in [-0.3, -0.25) is 4.90 Å². The summed E-state index contributed by atoms with van der Waals surface area (Å²) >= 11 is 0. The molecule has 2 aromatic heterocycles. The van der Waals surface area contributed by atoms with E-state index in [-0.39, 0.29) is 6.04 Å². The van der Waals surface area contributed by atoms with Gasteiger partial charge in [-0.2, -0.15) is 0 Å². The Morgan fingerprint density at radius 1 is 1.30 bits per heavy atom. The van der Waals surface area contributed by atoms with Gasteiger partial charge in [0.1, 0.15) is 12.2 Å². The molecule has 1 atom stereocenters. The van der Waals surface area contributed by atoms with Gasteiger partial charge >= 0.3 is 0 Å². The summed E-state index contributed by atoms with van der Waals surface area (Å²) in [6.07, 6.45) is 8.24. The van der Waals surface area contributed by atoms with Crippen molar-refractivity contribution in [3.63, 3.8) is 0 Å². The van der Waals surface area contributed by atoms with Crippen LogP contribution in [-0.2, 0) is 13.1 Å². The topological polar surface area (TPSA) is 77.8 Å². The Kier molecular flexibility index (Phi) is 2.82. The summed E-state index contributed by atoms with van der Waals surface area (Å²) in [7, 11) is 0. The molecule has 0 bridgehead atoms. The number of hydrogen-bond donors (Lipinski definition) is 1. The van der Waals surface area contributed by atoms with Crippen molar-refractivity contribution >= 4 is 0 Å². The van der Waals surface area contributed by atoms with Crippen LogP contribution in [0.5, 0.6) is 0 Å². The molecule has 0 aromatic carbocycles. The van der Waals surface area contributed by atoms with E-state index in [4.69, 9.17) is 5.73 Å². The molecule has 1 fully saturated rings. The highest BCUT2D eigenvalue weighted by molar-refractivity contribution is 5.11. The van der Waals surface area contributed by atoms with E-state index in [2.05, 4.69) is 29.2 Å². The van der Waals surface area contributed by atoms with Crippen LogP contribution in [0.1, 0.15) is 36.4 Å². The van der Waals surface area contributed by atoms with E-state index in [1.165, 1.54) is 18.5 Å². The zero-order valence-electron chi connectivity index (χ0n) is 11.4. The number of rotatable bonds is 4. The average Bonchev–Trinajstić information content (AvgIpc) is 3.02. The van der Waals surface area contributed by atoms with Gasteiger partial charge in [-0.25, -0.2) is 4.98 Å². The molecule has 0 spiro atoms. The number of fused-ring (bicyclic) bond motifs is 1. The molecule has 20 heavy (non-hydrogen) atoms. The Morgan fingerprint density at radius 3 is 3.00 bits per heavy atom. The summed E-state index contributed by atoms with van der Waals surface area (Å²) in [6.45, 7) is 3.31. The minimum atomic E-state index is 0.212. The lowest BCUT2D eigenvalue weighted by molar-refractivity contribution is 0.150. The zero-order valence-corrected chi connectivity index (χ0v) is 11.4. The molecule has 4 rings (SSSR count). The van der Waals surface area contributed by atoms with Crippen LogP contribution in [0.4, 0.5) is 0 Å². The zero-order chi connectivity index (χ0) is 13.5. The monoisotopic (exact) mass is 273 g/mol. The van der Waals surface area contributed by atoms with Crippen molar-refractivity contribution in [2.75, 3.05) is 13.1 Å². The maximum Gasteiger partial charge on any atom is 0.147 e. The fourth-order valence-electron chi connectivity index (χ4n) is 3.04. The minimum Gasteiger partial charge on any atom is -0.330 e. The smallest absolute Gasteiger partial charge is 0.147 e. The molecule has 1 unspecified atom stereocenters. The first-order valence-electron chi connectivity index (χ1n) is 7.19. The van der Waals surface area contributed by atoms with Gasteiger partial charge in [0, 0.05) is 31.9 Å². The number of imidazole rings is 1. The molecule has 2 aromatic rings. The van der Waals surface area contributed by atoms with Crippen molar-refractivity contribution in [2.24, 2.45) is 5.73 Å². The third-order valence-corrected chi connectivity index (χ3v) is 4.31. The Balaban J connectivity index is 1.60. The highest BCUT2D eigenvalue weighted by Gasteiger charge is 2.31. The second kappa shape index (κ2) is 4.68. The first-order chi connectivity index (χ1) is 9.86. The molecular formula is C13H19N7. The maximum absolute atomic E-state index is 6.05. The molecule has 1 saturated carbocycles. The van der Waals surface area contributed by atoms with Crippen LogP contribution in [0.2, 0.25) is 0 Å². The molecule has 7 nitrogen and oxygen atoms in total. The van der Waals surface area contributed by atoms with Crippen LogP contribution in [0.3, 0.4) is 0 Å². The summed E-state index contributed by atoms with van der Waals surface area (Å²) < 4.78 is 4.42. The molecule has 2 N–H and O–H groups in total. The fraction of sp³-hybridized carbons (Fsp3) is 0.615. The second-order valence-electron chi connectivity index (χ2n) is 5.62. The number of hydrogen-bond acceptors (Lipinski definition) is 5. The SMILES string of the molecule is NCC(c1cncn1C1CC1)N1CCn2cnnc2C1. The van der Waals surface area contributed by atoms with Crippen LogP contribution in [0.15, 0.2) is 18.9 Å². The van der Waals surface area contributed by atoms with Gasteiger partial charge in [0.05, 0.1) is 24.6 Å². The summed E-state index contributed by atoms with van der Waals surface area (Å²) in [6, 6.07) is 0.846. The molecule has 0 saturated heterocycles. The van der Waals surface area contributed by atoms with Gasteiger partial charge in [-0.1, -0.05) is 0 Å². The average molecular weight is 273 g/mol. The Morgan fingerprint density at radius 2 is 2.20 bits per heavy atom. The third kappa shape index (κ3) is 1.94. The van der Waals surface area contributed by atoms with E-state index in [0.717, 1.165) is 25.5 Å². The largest absolute Gasteiger partial charge is 0.330 e. The lowest BCUT2D eigenvalue weighted by Crippen LogP contribution is -2.40. The van der Waals surface area contributed by atoms with Crippen LogP contribution >= 0.6 is 0 Å². The van der Waals surface area contributed by atoms with E-state index in [1.54, 1.807) is 6.33 Å². The standard InChI is InChI=1S/C13H19N7/c14-5-11(12-6-15-8-20(12)10-1-2-10)18-3-4-19-9-16-17-13(19)7-18/h6,8-11H,1-5,7,14H2. The lowest BCUT2D eigenvalue weighted by atomic mass is 10.1. The van der Waals surface area contributed by atoms with E-state index < -0.39 is 0 Å². The van der Waals surface area contributed by atoms with Gasteiger partial charge in [-0.15, -0.1) is 10.2 Å². The highest BCUT2D eigenvalue weighted by Crippen LogP contribution is 2.38. The molecule has 2 aliphatic rings. The molecule has 1 aliphatic carbocycles. The predicted molar refractivity (Wildman–Crippen MR) is 72.7 cm³/mol. The minimum absolute atomic E-state index is 0.212. The van der Waals surface area contributed by atoms with Gasteiger partial charge in [0.15, 0.2) is 0 Å². The van der Waals surface area contributed by atoms with Gasteiger partial charge < -0.3 is 14.9 Å². The van der Waals surface area contributed by atoms with Crippen molar-refractivity contribution in [1.82, 2.24) is 29.2 Å². The van der Waals surface area contributed by atoms with Gasteiger partial charge in [0.2, 0.25) is 0 Å². The quantitative estimate of drug-likeness (QED) is 0.868. The van der Waals surface area contributed by atoms with Crippen molar-refractivity contribution in [3.05, 3.63) is 30.4 Å². The van der Waals surface area contributed by atoms with Crippen molar-refractivity contribution in [1.29, 1.82) is 0 Å². The Bertz CT molecular complexity index is 597. The number of aromatic nitrogens is 5. The predicted octanol–water partition coefficient (Wildman–Crippen LogP) is 0.325. The molecule has 1 aliphatic heterocycles. The van der Waals surface area contributed by atoms with Crippen LogP contribution in [-0.4, -0.2) is 42.3 Å². The lowest BCUT2D eigenvalue weighted by Gasteiger charge is -2.34. The molecule has 0 radical (unpaired) electrons. The van der Waals surface area contributed by atoms with Crippen LogP contribution in [0, 0.1) is 0 Å². The van der Waals surface area contributed by atoms with Crippen molar-refractivity contribution < 1.29 is 0 Å². The normalized spacial score (nSPS) is 20.9. The summed E-state index contributed by atoms with van der Waals surface area (Å²) in [4.78, 5) is 6.72. The van der Waals surface area contributed by atoms with Crippen LogP contribution in [0.25, 0.3) is 0 Å². The van der Waals surface area contributed by atoms with Gasteiger partial charge in [0.25, 0.3) is 0 Å². The van der Waals surface area contributed by atoms with E-state index >= 15 is 0 Å². The summed E-state index contributed by atoms with van der Waals surface area (Å²) in [5.41, 5.74) is 7.29. The summed E-state index contributed by atoms with van der Waals surface area (Å²) in [5.74, 6) is 1.02. The summed E-state index contributed by atoms with van der Waals surface area (Å²) in [5, 5.41) is 8.16.